The van der Waals surface area contributed by atoms with Gasteiger partial charge in [-0.2, -0.15) is 0 Å². The quantitative estimate of drug-likeness (QED) is 0.821. The van der Waals surface area contributed by atoms with Gasteiger partial charge in [-0.25, -0.2) is 9.59 Å². The minimum Gasteiger partial charge on any atom is -0.480 e. The first-order valence-corrected chi connectivity index (χ1v) is 6.83. The first kappa shape index (κ1) is 13.2. The van der Waals surface area contributed by atoms with E-state index in [0.717, 1.165) is 25.7 Å². The molecule has 18 heavy (non-hydrogen) atoms. The molecule has 0 bridgehead atoms. The number of hydrogen-bond acceptors (Lipinski definition) is 3. The fourth-order valence-corrected chi connectivity index (χ4v) is 3.34. The average Bonchev–Trinajstić information content (AvgIpc) is 2.37. The number of amides is 1. The highest BCUT2D eigenvalue weighted by atomic mass is 16.6. The number of hydrogen-bond donors (Lipinski definition) is 1. The summed E-state index contributed by atoms with van der Waals surface area (Å²) in [6.45, 7) is 2.04. The molecule has 2 fully saturated rings. The summed E-state index contributed by atoms with van der Waals surface area (Å²) in [4.78, 5) is 24.8. The Labute approximate surface area is 107 Å². The maximum atomic E-state index is 12.0. The van der Waals surface area contributed by atoms with E-state index < -0.39 is 18.1 Å². The molecule has 1 heterocycles. The number of likely N-dealkylation sites (tertiary alicyclic amines) is 1. The van der Waals surface area contributed by atoms with E-state index >= 15 is 0 Å². The van der Waals surface area contributed by atoms with Gasteiger partial charge in [0.15, 0.2) is 0 Å². The van der Waals surface area contributed by atoms with Crippen LogP contribution in [-0.2, 0) is 9.53 Å². The lowest BCUT2D eigenvalue weighted by molar-refractivity contribution is -0.146. The first-order valence-electron chi connectivity index (χ1n) is 6.83. The molecule has 1 saturated carbocycles. The lowest BCUT2D eigenvalue weighted by Gasteiger charge is -2.46. The minimum absolute atomic E-state index is 0.0626. The lowest BCUT2D eigenvalue weighted by atomic mass is 9.76. The molecule has 0 aromatic carbocycles. The van der Waals surface area contributed by atoms with Crippen LogP contribution in [0.2, 0.25) is 0 Å². The maximum Gasteiger partial charge on any atom is 0.410 e. The molecular weight excluding hydrogens is 234 g/mol. The Hall–Kier alpha value is -1.26. The van der Waals surface area contributed by atoms with Crippen molar-refractivity contribution in [3.05, 3.63) is 0 Å². The van der Waals surface area contributed by atoms with Crippen LogP contribution in [0, 0.1) is 5.92 Å². The van der Waals surface area contributed by atoms with Crippen molar-refractivity contribution >= 4 is 12.1 Å². The highest BCUT2D eigenvalue weighted by Gasteiger charge is 2.44. The first-order chi connectivity index (χ1) is 8.65. The normalized spacial score (nSPS) is 31.6. The molecule has 0 spiro atoms. The summed E-state index contributed by atoms with van der Waals surface area (Å²) in [6, 6.07) is -0.643. The van der Waals surface area contributed by atoms with Crippen LogP contribution in [0.15, 0.2) is 0 Å². The standard InChI is InChI=1S/C13H21NO4/c1-2-18-13(17)14-10-6-4-3-5-9(10)7-8-11(14)12(15)16/h9-11H,2-8H2,1H3,(H,15,16). The van der Waals surface area contributed by atoms with Crippen LogP contribution in [0.3, 0.4) is 0 Å². The number of ether oxygens (including phenoxy) is 1. The summed E-state index contributed by atoms with van der Waals surface area (Å²) in [5.41, 5.74) is 0. The van der Waals surface area contributed by atoms with Crippen LogP contribution < -0.4 is 0 Å². The van der Waals surface area contributed by atoms with Gasteiger partial charge in [-0.05, 0) is 38.5 Å². The van der Waals surface area contributed by atoms with Gasteiger partial charge in [0.2, 0.25) is 0 Å². The zero-order chi connectivity index (χ0) is 13.1. The largest absolute Gasteiger partial charge is 0.480 e. The van der Waals surface area contributed by atoms with Crippen LogP contribution in [0.25, 0.3) is 0 Å². The number of rotatable bonds is 2. The van der Waals surface area contributed by atoms with Crippen molar-refractivity contribution in [1.29, 1.82) is 0 Å². The van der Waals surface area contributed by atoms with E-state index in [2.05, 4.69) is 0 Å². The maximum absolute atomic E-state index is 12.0. The van der Waals surface area contributed by atoms with Gasteiger partial charge < -0.3 is 9.84 Å². The Balaban J connectivity index is 2.18. The summed E-state index contributed by atoms with van der Waals surface area (Å²) < 4.78 is 5.03. The number of aliphatic carboxylic acids is 1. The third-order valence-electron chi connectivity index (χ3n) is 4.14. The molecule has 0 radical (unpaired) electrons. The molecule has 3 unspecified atom stereocenters. The van der Waals surface area contributed by atoms with Crippen LogP contribution >= 0.6 is 0 Å². The molecule has 1 saturated heterocycles. The van der Waals surface area contributed by atoms with Gasteiger partial charge in [-0.3, -0.25) is 4.90 Å². The van der Waals surface area contributed by atoms with E-state index in [1.165, 1.54) is 11.3 Å². The fourth-order valence-electron chi connectivity index (χ4n) is 3.34. The van der Waals surface area contributed by atoms with Crippen molar-refractivity contribution in [2.75, 3.05) is 6.61 Å². The van der Waals surface area contributed by atoms with Gasteiger partial charge in [-0.15, -0.1) is 0 Å². The molecule has 5 nitrogen and oxygen atoms in total. The van der Waals surface area contributed by atoms with E-state index in [0.29, 0.717) is 18.9 Å². The molecule has 102 valence electrons. The number of nitrogens with zero attached hydrogens (tertiary/aromatic N) is 1. The van der Waals surface area contributed by atoms with E-state index in [1.807, 2.05) is 0 Å². The SMILES string of the molecule is CCOC(=O)N1C(C(=O)O)CCC2CCCCC21. The third kappa shape index (κ3) is 2.44. The number of fused-ring (bicyclic) bond motifs is 1. The Bertz CT molecular complexity index is 331. The van der Waals surface area contributed by atoms with Gasteiger partial charge in [0.05, 0.1) is 6.61 Å². The van der Waals surface area contributed by atoms with Crippen molar-refractivity contribution in [2.24, 2.45) is 5.92 Å². The van der Waals surface area contributed by atoms with Crippen LogP contribution in [-0.4, -0.2) is 40.8 Å². The second-order valence-electron chi connectivity index (χ2n) is 5.15. The monoisotopic (exact) mass is 255 g/mol. The molecule has 0 aromatic heterocycles. The Morgan fingerprint density at radius 1 is 1.22 bits per heavy atom. The molecule has 1 aliphatic carbocycles. The number of carbonyl (C=O) groups is 2. The number of carboxylic acids is 1. The third-order valence-corrected chi connectivity index (χ3v) is 4.14. The van der Waals surface area contributed by atoms with Crippen LogP contribution in [0.5, 0.6) is 0 Å². The molecule has 0 aromatic rings. The molecular formula is C13H21NO4. The Morgan fingerprint density at radius 3 is 2.61 bits per heavy atom. The smallest absolute Gasteiger partial charge is 0.410 e. The summed E-state index contributed by atoms with van der Waals surface area (Å²) in [6.07, 6.45) is 5.29. The zero-order valence-corrected chi connectivity index (χ0v) is 10.8. The van der Waals surface area contributed by atoms with Gasteiger partial charge in [-0.1, -0.05) is 12.8 Å². The molecule has 2 aliphatic rings. The van der Waals surface area contributed by atoms with Crippen molar-refractivity contribution in [3.8, 4) is 0 Å². The molecule has 1 N–H and O–H groups in total. The highest BCUT2D eigenvalue weighted by molar-refractivity contribution is 5.80. The number of carboxylic acid groups (broad SMARTS) is 1. The fraction of sp³-hybridized carbons (Fsp3) is 0.846. The van der Waals surface area contributed by atoms with Crippen molar-refractivity contribution in [1.82, 2.24) is 4.90 Å². The van der Waals surface area contributed by atoms with E-state index in [-0.39, 0.29) is 6.04 Å². The van der Waals surface area contributed by atoms with Crippen molar-refractivity contribution in [3.63, 3.8) is 0 Å². The summed E-state index contributed by atoms with van der Waals surface area (Å²) in [5.74, 6) is -0.453. The summed E-state index contributed by atoms with van der Waals surface area (Å²) in [7, 11) is 0. The molecule has 2 rings (SSSR count). The molecule has 1 amide bonds. The van der Waals surface area contributed by atoms with E-state index in [1.54, 1.807) is 6.92 Å². The predicted molar refractivity (Wildman–Crippen MR) is 65.3 cm³/mol. The second kappa shape index (κ2) is 5.59. The Kier molecular flexibility index (Phi) is 4.09. The predicted octanol–water partition coefficient (Wildman–Crippen LogP) is 2.25. The Morgan fingerprint density at radius 2 is 1.94 bits per heavy atom. The summed E-state index contributed by atoms with van der Waals surface area (Å²) in [5, 5.41) is 9.27. The van der Waals surface area contributed by atoms with Crippen molar-refractivity contribution < 1.29 is 19.4 Å². The van der Waals surface area contributed by atoms with E-state index in [4.69, 9.17) is 4.74 Å². The van der Waals surface area contributed by atoms with Crippen LogP contribution in [0.4, 0.5) is 4.79 Å². The highest BCUT2D eigenvalue weighted by Crippen LogP contribution is 2.38. The molecule has 1 aliphatic heterocycles. The van der Waals surface area contributed by atoms with Gasteiger partial charge in [0.25, 0.3) is 0 Å². The van der Waals surface area contributed by atoms with E-state index in [9.17, 15) is 14.7 Å². The van der Waals surface area contributed by atoms with Gasteiger partial charge in [0.1, 0.15) is 6.04 Å². The summed E-state index contributed by atoms with van der Waals surface area (Å²) >= 11 is 0. The second-order valence-corrected chi connectivity index (χ2v) is 5.15. The zero-order valence-electron chi connectivity index (χ0n) is 10.8. The average molecular weight is 255 g/mol. The van der Waals surface area contributed by atoms with Gasteiger partial charge >= 0.3 is 12.1 Å². The lowest BCUT2D eigenvalue weighted by Crippen LogP contribution is -2.57. The van der Waals surface area contributed by atoms with Crippen molar-refractivity contribution in [2.45, 2.75) is 57.5 Å². The molecule has 3 atom stereocenters. The van der Waals surface area contributed by atoms with Crippen LogP contribution in [0.1, 0.15) is 45.4 Å². The number of piperidine rings is 1. The van der Waals surface area contributed by atoms with Gasteiger partial charge in [0, 0.05) is 6.04 Å². The topological polar surface area (TPSA) is 66.8 Å². The molecule has 5 heteroatoms. The number of carbonyl (C=O) groups excluding carboxylic acids is 1. The minimum atomic E-state index is -0.910.